The second-order valence-electron chi connectivity index (χ2n) is 6.25. The topological polar surface area (TPSA) is 59.5 Å². The van der Waals surface area contributed by atoms with Crippen molar-refractivity contribution >= 4 is 6.40 Å². The van der Waals surface area contributed by atoms with Gasteiger partial charge in [-0.3, -0.25) is 5.10 Å². The number of aromatic nitrogens is 2. The molecule has 1 aromatic heterocycles. The van der Waals surface area contributed by atoms with Crippen LogP contribution in [-0.2, 0) is 11.4 Å². The summed E-state index contributed by atoms with van der Waals surface area (Å²) in [5.74, 6) is 0.174. The van der Waals surface area contributed by atoms with E-state index in [0.29, 0.717) is 11.3 Å². The van der Waals surface area contributed by atoms with Crippen LogP contribution in [0.4, 0.5) is 4.39 Å². The molecule has 29 heavy (non-hydrogen) atoms. The van der Waals surface area contributed by atoms with E-state index in [1.54, 1.807) is 24.4 Å². The lowest BCUT2D eigenvalue weighted by Gasteiger charge is -2.06. The molecule has 0 radical (unpaired) electrons. The Hall–Kier alpha value is -3.93. The van der Waals surface area contributed by atoms with Crippen LogP contribution in [0, 0.1) is 5.82 Å². The average molecular weight is 387 g/mol. The fourth-order valence-electron chi connectivity index (χ4n) is 2.89. The van der Waals surface area contributed by atoms with Crippen molar-refractivity contribution in [3.63, 3.8) is 0 Å². The van der Waals surface area contributed by atoms with Crippen LogP contribution in [0.15, 0.2) is 90.2 Å². The van der Waals surface area contributed by atoms with Gasteiger partial charge >= 0.3 is 0 Å². The Morgan fingerprint density at radius 2 is 1.66 bits per heavy atom. The zero-order valence-corrected chi connectivity index (χ0v) is 15.5. The Balaban J connectivity index is 1.43. The summed E-state index contributed by atoms with van der Waals surface area (Å²) in [6, 6.07) is 24.5. The zero-order valence-electron chi connectivity index (χ0n) is 15.5. The van der Waals surface area contributed by atoms with Gasteiger partial charge < -0.3 is 9.57 Å². The van der Waals surface area contributed by atoms with Gasteiger partial charge in [-0.05, 0) is 23.3 Å². The molecule has 6 heteroatoms. The van der Waals surface area contributed by atoms with Crippen molar-refractivity contribution in [3.05, 3.63) is 96.4 Å². The number of H-pyrrole nitrogens is 1. The van der Waals surface area contributed by atoms with Crippen LogP contribution in [0.1, 0.15) is 5.56 Å². The summed E-state index contributed by atoms with van der Waals surface area (Å²) < 4.78 is 19.1. The number of aromatic amines is 1. The van der Waals surface area contributed by atoms with Crippen molar-refractivity contribution in [3.8, 4) is 28.1 Å². The minimum absolute atomic E-state index is 0.0178. The molecule has 5 nitrogen and oxygen atoms in total. The molecule has 0 saturated heterocycles. The van der Waals surface area contributed by atoms with Crippen LogP contribution in [-0.4, -0.2) is 16.6 Å². The van der Waals surface area contributed by atoms with E-state index in [2.05, 4.69) is 33.6 Å². The third-order valence-corrected chi connectivity index (χ3v) is 4.34. The largest absolute Gasteiger partial charge is 0.439 e. The van der Waals surface area contributed by atoms with Crippen molar-refractivity contribution in [1.82, 2.24) is 10.2 Å². The van der Waals surface area contributed by atoms with E-state index in [9.17, 15) is 4.39 Å². The highest BCUT2D eigenvalue weighted by molar-refractivity contribution is 5.74. The molecule has 4 rings (SSSR count). The van der Waals surface area contributed by atoms with Crippen LogP contribution >= 0.6 is 0 Å². The highest BCUT2D eigenvalue weighted by atomic mass is 19.1. The van der Waals surface area contributed by atoms with E-state index in [1.807, 2.05) is 36.4 Å². The van der Waals surface area contributed by atoms with Gasteiger partial charge in [0.25, 0.3) is 0 Å². The van der Waals surface area contributed by atoms with Crippen LogP contribution in [0.5, 0.6) is 5.75 Å². The van der Waals surface area contributed by atoms with E-state index in [0.717, 1.165) is 28.8 Å². The smallest absolute Gasteiger partial charge is 0.218 e. The first-order chi connectivity index (χ1) is 14.3. The van der Waals surface area contributed by atoms with Crippen LogP contribution in [0.25, 0.3) is 22.4 Å². The van der Waals surface area contributed by atoms with Gasteiger partial charge in [0, 0.05) is 11.1 Å². The van der Waals surface area contributed by atoms with E-state index in [-0.39, 0.29) is 12.4 Å². The molecule has 144 valence electrons. The summed E-state index contributed by atoms with van der Waals surface area (Å²) in [6.45, 7) is 0.0178. The molecular weight excluding hydrogens is 369 g/mol. The Kier molecular flexibility index (Phi) is 5.62. The van der Waals surface area contributed by atoms with E-state index in [4.69, 9.17) is 9.57 Å². The Morgan fingerprint density at radius 3 is 2.52 bits per heavy atom. The van der Waals surface area contributed by atoms with Crippen molar-refractivity contribution in [2.24, 2.45) is 5.16 Å². The molecule has 0 amide bonds. The lowest BCUT2D eigenvalue weighted by molar-refractivity contribution is 0.125. The minimum atomic E-state index is -0.334. The molecule has 3 aromatic carbocycles. The number of hydrogen-bond donors (Lipinski definition) is 1. The van der Waals surface area contributed by atoms with Gasteiger partial charge in [0.1, 0.15) is 18.1 Å². The number of hydrogen-bond acceptors (Lipinski definition) is 4. The molecule has 1 N–H and O–H groups in total. The summed E-state index contributed by atoms with van der Waals surface area (Å²) in [7, 11) is 0. The molecular formula is C23H18FN3O2. The van der Waals surface area contributed by atoms with Crippen molar-refractivity contribution in [2.75, 3.05) is 0 Å². The molecule has 0 aliphatic heterocycles. The van der Waals surface area contributed by atoms with Gasteiger partial charge in [0.15, 0.2) is 5.75 Å². The number of nitrogens with zero attached hydrogens (tertiary/aromatic N) is 2. The Morgan fingerprint density at radius 1 is 0.897 bits per heavy atom. The fourth-order valence-corrected chi connectivity index (χ4v) is 2.89. The Bertz CT molecular complexity index is 1110. The molecule has 0 saturated carbocycles. The van der Waals surface area contributed by atoms with Crippen molar-refractivity contribution in [1.29, 1.82) is 0 Å². The van der Waals surface area contributed by atoms with Gasteiger partial charge in [0.2, 0.25) is 6.40 Å². The molecule has 0 aliphatic rings. The quantitative estimate of drug-likeness (QED) is 0.262. The van der Waals surface area contributed by atoms with Gasteiger partial charge in [-0.15, -0.1) is 0 Å². The molecule has 0 unspecified atom stereocenters. The van der Waals surface area contributed by atoms with Gasteiger partial charge in [-0.25, -0.2) is 4.39 Å². The zero-order chi connectivity index (χ0) is 19.9. The number of halogens is 1. The highest BCUT2D eigenvalue weighted by Gasteiger charge is 2.10. The highest BCUT2D eigenvalue weighted by Crippen LogP contribution is 2.30. The first-order valence-electron chi connectivity index (χ1n) is 9.04. The van der Waals surface area contributed by atoms with Crippen LogP contribution in [0.3, 0.4) is 0 Å². The van der Waals surface area contributed by atoms with Crippen LogP contribution < -0.4 is 4.74 Å². The van der Waals surface area contributed by atoms with E-state index < -0.39 is 0 Å². The third kappa shape index (κ3) is 4.50. The maximum absolute atomic E-state index is 13.5. The molecule has 0 aliphatic carbocycles. The lowest BCUT2D eigenvalue weighted by Crippen LogP contribution is -1.95. The monoisotopic (exact) mass is 387 g/mol. The number of benzene rings is 3. The number of ether oxygens (including phenoxy) is 1. The number of nitrogens with one attached hydrogen (secondary N) is 1. The molecule has 0 atom stereocenters. The lowest BCUT2D eigenvalue weighted by atomic mass is 10.0. The number of oxime groups is 1. The standard InChI is InChI=1S/C23H18FN3O2/c24-21-12-5-4-9-20(21)15-29-26-16-28-22-14-25-27-23(22)19-11-6-10-18(13-19)17-7-2-1-3-8-17/h1-14,16H,15H2,(H,25,27). The second kappa shape index (κ2) is 8.84. The molecule has 0 bridgehead atoms. The van der Waals surface area contributed by atoms with Crippen LogP contribution in [0.2, 0.25) is 0 Å². The van der Waals surface area contributed by atoms with Gasteiger partial charge in [-0.1, -0.05) is 71.9 Å². The molecule has 1 heterocycles. The molecule has 0 fully saturated rings. The maximum atomic E-state index is 13.5. The fraction of sp³-hybridized carbons (Fsp3) is 0.0435. The van der Waals surface area contributed by atoms with Gasteiger partial charge in [-0.2, -0.15) is 5.10 Å². The predicted octanol–water partition coefficient (Wildman–Crippen LogP) is 5.42. The maximum Gasteiger partial charge on any atom is 0.218 e. The van der Waals surface area contributed by atoms with E-state index >= 15 is 0 Å². The second-order valence-corrected chi connectivity index (χ2v) is 6.25. The summed E-state index contributed by atoms with van der Waals surface area (Å²) in [5.41, 5.74) is 4.29. The first kappa shape index (κ1) is 18.4. The summed E-state index contributed by atoms with van der Waals surface area (Å²) in [6.07, 6.45) is 2.73. The normalized spacial score (nSPS) is 10.9. The summed E-state index contributed by atoms with van der Waals surface area (Å²) in [5, 5.41) is 10.7. The van der Waals surface area contributed by atoms with Crippen molar-refractivity contribution < 1.29 is 14.0 Å². The Labute approximate surface area is 167 Å². The van der Waals surface area contributed by atoms with E-state index in [1.165, 1.54) is 6.07 Å². The molecule has 0 spiro atoms. The third-order valence-electron chi connectivity index (χ3n) is 4.34. The minimum Gasteiger partial charge on any atom is -0.439 e. The first-order valence-corrected chi connectivity index (χ1v) is 9.04. The molecule has 4 aromatic rings. The average Bonchev–Trinajstić information content (AvgIpc) is 3.24. The summed E-state index contributed by atoms with van der Waals surface area (Å²) >= 11 is 0. The predicted molar refractivity (Wildman–Crippen MR) is 110 cm³/mol. The van der Waals surface area contributed by atoms with Crippen molar-refractivity contribution in [2.45, 2.75) is 6.61 Å². The number of rotatable bonds is 7. The van der Waals surface area contributed by atoms with Gasteiger partial charge in [0.05, 0.1) is 6.20 Å². The SMILES string of the molecule is Fc1ccccc1CON=COc1cn[nH]c1-c1cccc(-c2ccccc2)c1. The summed E-state index contributed by atoms with van der Waals surface area (Å²) in [4.78, 5) is 5.10.